The first kappa shape index (κ1) is 22.6. The van der Waals surface area contributed by atoms with Crippen molar-refractivity contribution in [2.75, 3.05) is 14.2 Å². The van der Waals surface area contributed by atoms with Crippen LogP contribution in [0.25, 0.3) is 0 Å². The number of carbonyl (C=O) groups is 1. The van der Waals surface area contributed by atoms with Crippen LogP contribution in [0.1, 0.15) is 52.4 Å². The molecule has 0 unspecified atom stereocenters. The molecule has 2 aliphatic rings. The zero-order valence-corrected chi connectivity index (χ0v) is 17.3. The molecule has 0 aliphatic carbocycles. The average Bonchev–Trinajstić information content (AvgIpc) is 2.87. The van der Waals surface area contributed by atoms with Crippen LogP contribution in [-0.4, -0.2) is 54.5 Å². The molecule has 2 saturated heterocycles. The number of halogens is 1. The molecule has 0 radical (unpaired) electrons. The predicted molar refractivity (Wildman–Crippen MR) is 98.9 cm³/mol. The number of methoxy groups -OCH3 is 2. The highest BCUT2D eigenvalue weighted by Crippen LogP contribution is 2.42. The van der Waals surface area contributed by atoms with Gasteiger partial charge in [-0.15, -0.1) is 11.6 Å². The van der Waals surface area contributed by atoms with Crippen LogP contribution >= 0.6 is 11.6 Å². The fraction of sp³-hybridized carbons (Fsp3) is 0.842. The Balaban J connectivity index is 1.90. The Morgan fingerprint density at radius 1 is 1.41 bits per heavy atom. The third kappa shape index (κ3) is 5.02. The van der Waals surface area contributed by atoms with Crippen molar-refractivity contribution in [3.8, 4) is 0 Å². The second-order valence-electron chi connectivity index (χ2n) is 7.45. The normalized spacial score (nSPS) is 39.6. The van der Waals surface area contributed by atoms with Gasteiger partial charge in [-0.05, 0) is 24.3 Å². The van der Waals surface area contributed by atoms with E-state index in [0.29, 0.717) is 37.7 Å². The van der Waals surface area contributed by atoms with E-state index in [0.717, 1.165) is 0 Å². The Bertz CT molecular complexity index is 542. The molecule has 0 aromatic carbocycles. The number of ether oxygens (including phenoxy) is 3. The summed E-state index contributed by atoms with van der Waals surface area (Å²) in [6.45, 7) is 7.87. The molecule has 2 fully saturated rings. The Hall–Kier alpha value is -0.700. The zero-order chi connectivity index (χ0) is 20.2. The quantitative estimate of drug-likeness (QED) is 0.287. The van der Waals surface area contributed by atoms with Gasteiger partial charge in [-0.25, -0.2) is 9.78 Å². The molecule has 7 nitrogen and oxygen atoms in total. The van der Waals surface area contributed by atoms with Gasteiger partial charge in [0.15, 0.2) is 5.79 Å². The van der Waals surface area contributed by atoms with Gasteiger partial charge < -0.3 is 19.3 Å². The van der Waals surface area contributed by atoms with Gasteiger partial charge in [-0.3, -0.25) is 4.79 Å². The Morgan fingerprint density at radius 3 is 2.63 bits per heavy atom. The van der Waals surface area contributed by atoms with Crippen molar-refractivity contribution in [3.63, 3.8) is 0 Å². The molecule has 2 aliphatic heterocycles. The van der Waals surface area contributed by atoms with Gasteiger partial charge in [-0.2, -0.15) is 0 Å². The standard InChI is InChI=1S/C19H31ClO7/c1-6-14-13(3)17(20)19(22,25-14)9-7-8-18(24-5)11-12(2)15(26-27-18)10-16(21)23-4/h12,14-15,17,22H,3,6-11H2,1-2,4-5H3/t12-,14+,15-,17-,18+,19+/m0/s1. The lowest BCUT2D eigenvalue weighted by molar-refractivity contribution is -0.475. The van der Waals surface area contributed by atoms with Gasteiger partial charge in [0.1, 0.15) is 11.5 Å². The molecule has 0 aromatic heterocycles. The van der Waals surface area contributed by atoms with E-state index in [9.17, 15) is 9.90 Å². The molecule has 0 aromatic rings. The number of aliphatic hydroxyl groups is 1. The molecule has 156 valence electrons. The Morgan fingerprint density at radius 2 is 2.11 bits per heavy atom. The molecule has 2 rings (SSSR count). The SMILES string of the molecule is C=C1[C@@H](CC)O[C@](O)(CCC[C@]2(OC)C[C@H](C)[C@H](CC(=O)OC)OO2)[C@H]1Cl. The molecule has 0 saturated carbocycles. The maximum atomic E-state index is 11.5. The van der Waals surface area contributed by atoms with Gasteiger partial charge in [0.2, 0.25) is 5.79 Å². The Labute approximate surface area is 165 Å². The maximum absolute atomic E-state index is 11.5. The van der Waals surface area contributed by atoms with Crippen LogP contribution in [0.5, 0.6) is 0 Å². The lowest BCUT2D eigenvalue weighted by Gasteiger charge is -2.41. The van der Waals surface area contributed by atoms with Crippen LogP contribution < -0.4 is 0 Å². The summed E-state index contributed by atoms with van der Waals surface area (Å²) in [7, 11) is 2.89. The number of esters is 1. The largest absolute Gasteiger partial charge is 0.469 e. The van der Waals surface area contributed by atoms with Gasteiger partial charge in [0, 0.05) is 26.4 Å². The second kappa shape index (κ2) is 9.20. The van der Waals surface area contributed by atoms with Crippen LogP contribution in [0.15, 0.2) is 12.2 Å². The van der Waals surface area contributed by atoms with Gasteiger partial charge >= 0.3 is 5.97 Å². The molecule has 0 bridgehead atoms. The summed E-state index contributed by atoms with van der Waals surface area (Å²) in [4.78, 5) is 22.4. The van der Waals surface area contributed by atoms with Crippen molar-refractivity contribution in [1.29, 1.82) is 0 Å². The van der Waals surface area contributed by atoms with Gasteiger partial charge in [0.05, 0.1) is 19.6 Å². The number of carbonyl (C=O) groups excluding carboxylic acids is 1. The fourth-order valence-corrected chi connectivity index (χ4v) is 4.02. The fourth-order valence-electron chi connectivity index (χ4n) is 3.72. The van der Waals surface area contributed by atoms with Crippen molar-refractivity contribution in [3.05, 3.63) is 12.2 Å². The van der Waals surface area contributed by atoms with E-state index >= 15 is 0 Å². The molecule has 8 heteroatoms. The van der Waals surface area contributed by atoms with E-state index in [4.69, 9.17) is 30.8 Å². The highest BCUT2D eigenvalue weighted by atomic mass is 35.5. The third-order valence-electron chi connectivity index (χ3n) is 5.50. The minimum absolute atomic E-state index is 0.0358. The molecular weight excluding hydrogens is 376 g/mol. The molecule has 0 spiro atoms. The number of hydrogen-bond donors (Lipinski definition) is 1. The van der Waals surface area contributed by atoms with E-state index in [1.165, 1.54) is 7.11 Å². The summed E-state index contributed by atoms with van der Waals surface area (Å²) in [5.74, 6) is -2.69. The zero-order valence-electron chi connectivity index (χ0n) is 16.5. The molecular formula is C19H31ClO7. The highest BCUT2D eigenvalue weighted by molar-refractivity contribution is 6.23. The first-order valence-electron chi connectivity index (χ1n) is 9.39. The lowest BCUT2D eigenvalue weighted by Crippen LogP contribution is -2.47. The van der Waals surface area contributed by atoms with E-state index in [2.05, 4.69) is 11.3 Å². The maximum Gasteiger partial charge on any atom is 0.308 e. The minimum Gasteiger partial charge on any atom is -0.469 e. The highest BCUT2D eigenvalue weighted by Gasteiger charge is 2.49. The second-order valence-corrected chi connectivity index (χ2v) is 7.88. The summed E-state index contributed by atoms with van der Waals surface area (Å²) in [6.07, 6.45) is 2.13. The summed E-state index contributed by atoms with van der Waals surface area (Å²) in [5.41, 5.74) is 0.708. The van der Waals surface area contributed by atoms with Crippen LogP contribution in [0.3, 0.4) is 0 Å². The predicted octanol–water partition coefficient (Wildman–Crippen LogP) is 3.08. The molecule has 0 amide bonds. The molecule has 27 heavy (non-hydrogen) atoms. The van der Waals surface area contributed by atoms with E-state index in [1.54, 1.807) is 7.11 Å². The number of alkyl halides is 1. The van der Waals surface area contributed by atoms with Crippen LogP contribution in [0.4, 0.5) is 0 Å². The van der Waals surface area contributed by atoms with Gasteiger partial charge in [-0.1, -0.05) is 20.4 Å². The molecule has 1 N–H and O–H groups in total. The summed E-state index contributed by atoms with van der Waals surface area (Å²) < 4.78 is 16.0. The van der Waals surface area contributed by atoms with E-state index in [-0.39, 0.29) is 30.5 Å². The number of hydrogen-bond acceptors (Lipinski definition) is 7. The summed E-state index contributed by atoms with van der Waals surface area (Å²) in [6, 6.07) is 0. The summed E-state index contributed by atoms with van der Waals surface area (Å²) >= 11 is 6.33. The van der Waals surface area contributed by atoms with Crippen LogP contribution in [-0.2, 0) is 28.8 Å². The van der Waals surface area contributed by atoms with Crippen molar-refractivity contribution >= 4 is 17.6 Å². The average molecular weight is 407 g/mol. The third-order valence-corrected chi connectivity index (χ3v) is 6.12. The van der Waals surface area contributed by atoms with E-state index < -0.39 is 17.0 Å². The van der Waals surface area contributed by atoms with Crippen molar-refractivity contribution in [2.24, 2.45) is 5.92 Å². The monoisotopic (exact) mass is 406 g/mol. The van der Waals surface area contributed by atoms with E-state index in [1.807, 2.05) is 13.8 Å². The van der Waals surface area contributed by atoms with Gasteiger partial charge in [0.25, 0.3) is 0 Å². The summed E-state index contributed by atoms with van der Waals surface area (Å²) in [5, 5.41) is 10.1. The van der Waals surface area contributed by atoms with Crippen molar-refractivity contribution in [1.82, 2.24) is 0 Å². The van der Waals surface area contributed by atoms with Crippen LogP contribution in [0, 0.1) is 5.92 Å². The molecule has 6 atom stereocenters. The minimum atomic E-state index is -1.44. The molecule has 2 heterocycles. The number of rotatable bonds is 8. The van der Waals surface area contributed by atoms with Crippen molar-refractivity contribution in [2.45, 2.75) is 81.5 Å². The first-order valence-corrected chi connectivity index (χ1v) is 9.83. The van der Waals surface area contributed by atoms with Crippen molar-refractivity contribution < 1.29 is 33.9 Å². The lowest BCUT2D eigenvalue weighted by atomic mass is 9.89. The smallest absolute Gasteiger partial charge is 0.308 e. The van der Waals surface area contributed by atoms with Crippen LogP contribution in [0.2, 0.25) is 0 Å². The Kier molecular flexibility index (Phi) is 7.70. The topological polar surface area (TPSA) is 83.5 Å². The first-order chi connectivity index (χ1) is 12.7.